The lowest BCUT2D eigenvalue weighted by atomic mass is 10.0. The van der Waals surface area contributed by atoms with E-state index >= 15 is 0 Å². The molecule has 0 spiro atoms. The standard InChI is InChI=1S/C22H17N3OS/c26-22(20-6-3-11-27-20)23-17-9-10-19-18(13-17)21(25-24-19)16-8-7-14-4-1-2-5-15(14)12-16/h1-2,4-10,12-13H,3,11H2,(H,23,26)(H,24,25). The van der Waals surface area contributed by atoms with E-state index < -0.39 is 0 Å². The normalized spacial score (nSPS) is 13.9. The molecular weight excluding hydrogens is 354 g/mol. The average Bonchev–Trinajstić information content (AvgIpc) is 3.37. The highest BCUT2D eigenvalue weighted by molar-refractivity contribution is 8.04. The van der Waals surface area contributed by atoms with Crippen molar-refractivity contribution in [3.8, 4) is 11.3 Å². The number of nitrogens with one attached hydrogen (secondary N) is 2. The summed E-state index contributed by atoms with van der Waals surface area (Å²) in [5.74, 6) is 0.947. The molecule has 0 fully saturated rings. The van der Waals surface area contributed by atoms with Crippen molar-refractivity contribution in [1.29, 1.82) is 0 Å². The fourth-order valence-electron chi connectivity index (χ4n) is 3.42. The molecule has 1 aromatic heterocycles. The van der Waals surface area contributed by atoms with Crippen molar-refractivity contribution in [3.05, 3.63) is 71.6 Å². The minimum Gasteiger partial charge on any atom is -0.322 e. The van der Waals surface area contributed by atoms with Crippen LogP contribution in [0.3, 0.4) is 0 Å². The Labute approximate surface area is 160 Å². The molecule has 0 radical (unpaired) electrons. The zero-order chi connectivity index (χ0) is 18.2. The van der Waals surface area contributed by atoms with Crippen LogP contribution < -0.4 is 5.32 Å². The average molecular weight is 371 g/mol. The van der Waals surface area contributed by atoms with Gasteiger partial charge in [-0.3, -0.25) is 9.89 Å². The van der Waals surface area contributed by atoms with Gasteiger partial charge in [0.15, 0.2) is 0 Å². The van der Waals surface area contributed by atoms with Crippen molar-refractivity contribution < 1.29 is 4.79 Å². The Morgan fingerprint density at radius 1 is 1.04 bits per heavy atom. The highest BCUT2D eigenvalue weighted by Crippen LogP contribution is 2.31. The van der Waals surface area contributed by atoms with Gasteiger partial charge in [0, 0.05) is 22.4 Å². The number of H-pyrrole nitrogens is 1. The van der Waals surface area contributed by atoms with Crippen molar-refractivity contribution in [2.24, 2.45) is 0 Å². The Morgan fingerprint density at radius 3 is 2.78 bits per heavy atom. The third kappa shape index (κ3) is 3.00. The molecule has 1 amide bonds. The summed E-state index contributed by atoms with van der Waals surface area (Å²) in [5, 5.41) is 14.0. The number of hydrogen-bond donors (Lipinski definition) is 2. The third-order valence-electron chi connectivity index (χ3n) is 4.77. The van der Waals surface area contributed by atoms with Crippen molar-refractivity contribution >= 4 is 45.0 Å². The van der Waals surface area contributed by atoms with E-state index in [-0.39, 0.29) is 5.91 Å². The van der Waals surface area contributed by atoms with Gasteiger partial charge in [0.2, 0.25) is 0 Å². The highest BCUT2D eigenvalue weighted by Gasteiger charge is 2.15. The first-order valence-electron chi connectivity index (χ1n) is 8.89. The van der Waals surface area contributed by atoms with Crippen LogP contribution in [-0.4, -0.2) is 21.9 Å². The Bertz CT molecular complexity index is 1210. The van der Waals surface area contributed by atoms with Gasteiger partial charge in [-0.25, -0.2) is 0 Å². The van der Waals surface area contributed by atoms with Gasteiger partial charge >= 0.3 is 0 Å². The van der Waals surface area contributed by atoms with Crippen LogP contribution in [0.15, 0.2) is 71.6 Å². The maximum atomic E-state index is 12.4. The molecule has 0 aliphatic carbocycles. The summed E-state index contributed by atoms with van der Waals surface area (Å²) in [6, 6.07) is 20.5. The van der Waals surface area contributed by atoms with Crippen molar-refractivity contribution in [2.75, 3.05) is 11.1 Å². The zero-order valence-corrected chi connectivity index (χ0v) is 15.3. The Morgan fingerprint density at radius 2 is 1.93 bits per heavy atom. The highest BCUT2D eigenvalue weighted by atomic mass is 32.2. The smallest absolute Gasteiger partial charge is 0.261 e. The number of allylic oxidation sites excluding steroid dienone is 1. The van der Waals surface area contributed by atoms with Crippen LogP contribution in [0.5, 0.6) is 0 Å². The number of carbonyl (C=O) groups excluding carboxylic acids is 1. The van der Waals surface area contributed by atoms with E-state index in [1.807, 2.05) is 36.4 Å². The molecule has 0 bridgehead atoms. The quantitative estimate of drug-likeness (QED) is 0.511. The van der Waals surface area contributed by atoms with Crippen LogP contribution in [0.4, 0.5) is 5.69 Å². The number of fused-ring (bicyclic) bond motifs is 2. The van der Waals surface area contributed by atoms with Gasteiger partial charge in [-0.1, -0.05) is 42.5 Å². The first kappa shape index (κ1) is 16.1. The van der Waals surface area contributed by atoms with E-state index in [9.17, 15) is 4.79 Å². The molecule has 5 heteroatoms. The third-order valence-corrected chi connectivity index (χ3v) is 5.88. The minimum atomic E-state index is -0.0346. The lowest BCUT2D eigenvalue weighted by Gasteiger charge is -2.06. The van der Waals surface area contributed by atoms with Crippen LogP contribution in [0.1, 0.15) is 6.42 Å². The Hall–Kier alpha value is -3.05. The van der Waals surface area contributed by atoms with Crippen molar-refractivity contribution in [1.82, 2.24) is 10.2 Å². The number of nitrogens with zero attached hydrogens (tertiary/aromatic N) is 1. The van der Waals surface area contributed by atoms with Gasteiger partial charge in [-0.05, 0) is 41.5 Å². The molecule has 4 nitrogen and oxygen atoms in total. The fraction of sp³-hybridized carbons (Fsp3) is 0.0909. The second kappa shape index (κ2) is 6.59. The van der Waals surface area contributed by atoms with Crippen LogP contribution in [0.25, 0.3) is 32.9 Å². The van der Waals surface area contributed by atoms with Gasteiger partial charge in [0.1, 0.15) is 0 Å². The van der Waals surface area contributed by atoms with Gasteiger partial charge in [0.25, 0.3) is 5.91 Å². The first-order chi connectivity index (χ1) is 13.3. The number of hydrogen-bond acceptors (Lipinski definition) is 3. The van der Waals surface area contributed by atoms with E-state index in [2.05, 4.69) is 45.8 Å². The van der Waals surface area contributed by atoms with E-state index in [4.69, 9.17) is 0 Å². The van der Waals surface area contributed by atoms with Gasteiger partial charge in [-0.15, -0.1) is 11.8 Å². The number of aromatic amines is 1. The van der Waals surface area contributed by atoms with Gasteiger partial charge in [-0.2, -0.15) is 5.10 Å². The second-order valence-corrected chi connectivity index (χ2v) is 7.69. The topological polar surface area (TPSA) is 57.8 Å². The lowest BCUT2D eigenvalue weighted by molar-refractivity contribution is -0.112. The molecule has 2 heterocycles. The van der Waals surface area contributed by atoms with E-state index in [1.165, 1.54) is 10.8 Å². The lowest BCUT2D eigenvalue weighted by Crippen LogP contribution is -2.11. The molecule has 132 valence electrons. The number of rotatable bonds is 3. The predicted octanol–water partition coefficient (Wildman–Crippen LogP) is 5.34. The Balaban J connectivity index is 1.53. The number of aromatic nitrogens is 2. The summed E-state index contributed by atoms with van der Waals surface area (Å²) in [4.78, 5) is 13.2. The summed E-state index contributed by atoms with van der Waals surface area (Å²) in [6.07, 6.45) is 2.96. The van der Waals surface area contributed by atoms with E-state index in [0.717, 1.165) is 44.9 Å². The maximum absolute atomic E-state index is 12.4. The first-order valence-corrected chi connectivity index (χ1v) is 9.88. The van der Waals surface area contributed by atoms with E-state index in [0.29, 0.717) is 0 Å². The predicted molar refractivity (Wildman–Crippen MR) is 113 cm³/mol. The molecule has 4 aromatic rings. The van der Waals surface area contributed by atoms with Crippen molar-refractivity contribution in [2.45, 2.75) is 6.42 Å². The van der Waals surface area contributed by atoms with E-state index in [1.54, 1.807) is 11.8 Å². The monoisotopic (exact) mass is 371 g/mol. The number of amides is 1. The fourth-order valence-corrected chi connectivity index (χ4v) is 4.29. The van der Waals surface area contributed by atoms with Gasteiger partial charge < -0.3 is 5.32 Å². The second-order valence-electron chi connectivity index (χ2n) is 6.55. The van der Waals surface area contributed by atoms with Crippen LogP contribution in [0.2, 0.25) is 0 Å². The number of anilines is 1. The number of thioether (sulfide) groups is 1. The molecule has 0 atom stereocenters. The number of benzene rings is 3. The molecule has 0 unspecified atom stereocenters. The van der Waals surface area contributed by atoms with Gasteiger partial charge in [0.05, 0.1) is 16.1 Å². The van der Waals surface area contributed by atoms with Crippen LogP contribution in [-0.2, 0) is 4.79 Å². The Kier molecular flexibility index (Phi) is 3.94. The minimum absolute atomic E-state index is 0.0346. The zero-order valence-electron chi connectivity index (χ0n) is 14.5. The SMILES string of the molecule is O=C(Nc1ccc2[nH]nc(-c3ccc4ccccc4c3)c2c1)C1=CCCS1. The molecule has 1 aliphatic rings. The molecule has 2 N–H and O–H groups in total. The maximum Gasteiger partial charge on any atom is 0.261 e. The molecule has 0 saturated carbocycles. The van der Waals surface area contributed by atoms with Crippen LogP contribution in [0, 0.1) is 0 Å². The summed E-state index contributed by atoms with van der Waals surface area (Å²) in [6.45, 7) is 0. The summed E-state index contributed by atoms with van der Waals surface area (Å²) in [7, 11) is 0. The van der Waals surface area contributed by atoms with Crippen LogP contribution >= 0.6 is 11.8 Å². The molecule has 5 rings (SSSR count). The molecule has 1 aliphatic heterocycles. The number of carbonyl (C=O) groups is 1. The molecule has 27 heavy (non-hydrogen) atoms. The summed E-state index contributed by atoms with van der Waals surface area (Å²) >= 11 is 1.61. The molecular formula is C22H17N3OS. The largest absolute Gasteiger partial charge is 0.322 e. The summed E-state index contributed by atoms with van der Waals surface area (Å²) in [5.41, 5.74) is 3.67. The molecule has 3 aromatic carbocycles. The summed E-state index contributed by atoms with van der Waals surface area (Å²) < 4.78 is 0. The molecule has 0 saturated heterocycles. The van der Waals surface area contributed by atoms with Crippen molar-refractivity contribution in [3.63, 3.8) is 0 Å².